The normalized spacial score (nSPS) is 11.6. The van der Waals surface area contributed by atoms with Gasteiger partial charge in [-0.3, -0.25) is 9.35 Å². The van der Waals surface area contributed by atoms with Crippen molar-refractivity contribution in [2.75, 3.05) is 29.2 Å². The molecule has 0 spiro atoms. The molecule has 16 nitrogen and oxygen atoms in total. The van der Waals surface area contributed by atoms with E-state index in [1.165, 1.54) is 6.07 Å². The highest BCUT2D eigenvalue weighted by molar-refractivity contribution is 7.85. The third-order valence-electron chi connectivity index (χ3n) is 5.04. The molecule has 1 atom stereocenters. The highest BCUT2D eigenvalue weighted by Gasteiger charge is 2.23. The molecule has 202 valence electrons. The minimum Gasteiger partial charge on any atom is -0.480 e. The van der Waals surface area contributed by atoms with Gasteiger partial charge in [-0.15, -0.1) is 0 Å². The fourth-order valence-electron chi connectivity index (χ4n) is 3.38. The van der Waals surface area contributed by atoms with Crippen molar-refractivity contribution < 1.29 is 27.7 Å². The van der Waals surface area contributed by atoms with E-state index >= 15 is 0 Å². The van der Waals surface area contributed by atoms with Crippen LogP contribution in [0.2, 0.25) is 0 Å². The number of hydrogen-bond acceptors (Lipinski definition) is 13. The maximum atomic E-state index is 12.5. The second-order valence-corrected chi connectivity index (χ2v) is 9.37. The molecule has 1 amide bonds. The number of carbonyl (C=O) groups excluding carboxylic acids is 1. The number of nitrogen functional groups attached to an aromatic ring is 2. The molecule has 0 aliphatic heterocycles. The summed E-state index contributed by atoms with van der Waals surface area (Å²) >= 11 is 0. The Morgan fingerprint density at radius 3 is 2.43 bits per heavy atom. The first-order chi connectivity index (χ1) is 16.3. The molecule has 0 unspecified atom stereocenters. The summed E-state index contributed by atoms with van der Waals surface area (Å²) in [6.07, 6.45) is 1.06. The van der Waals surface area contributed by atoms with E-state index in [-0.39, 0.29) is 35.3 Å². The lowest BCUT2D eigenvalue weighted by molar-refractivity contribution is -0.139. The molecular weight excluding hydrogens is 508 g/mol. The molecule has 2 heterocycles. The van der Waals surface area contributed by atoms with E-state index in [1.807, 2.05) is 11.9 Å². The maximum Gasteiger partial charge on any atom is 0.326 e. The van der Waals surface area contributed by atoms with Crippen molar-refractivity contribution in [2.45, 2.75) is 25.9 Å². The van der Waals surface area contributed by atoms with Crippen LogP contribution in [0.3, 0.4) is 0 Å². The van der Waals surface area contributed by atoms with E-state index in [0.29, 0.717) is 23.3 Å². The van der Waals surface area contributed by atoms with E-state index < -0.39 is 40.2 Å². The number of nitrogens with zero attached hydrogens (tertiary/aromatic N) is 5. The second kappa shape index (κ2) is 12.2. The number of amides is 1. The van der Waals surface area contributed by atoms with Crippen LogP contribution in [0.5, 0.6) is 0 Å². The van der Waals surface area contributed by atoms with Crippen molar-refractivity contribution in [1.82, 2.24) is 37.6 Å². The van der Waals surface area contributed by atoms with Crippen molar-refractivity contribution in [3.05, 3.63) is 41.2 Å². The summed E-state index contributed by atoms with van der Waals surface area (Å²) in [4.78, 5) is 42.3. The van der Waals surface area contributed by atoms with E-state index in [2.05, 4.69) is 25.3 Å². The molecule has 17 heteroatoms. The number of aliphatic carboxylic acids is 1. The number of carbonyl (C=O) groups is 2. The molecule has 13 N–H and O–H groups in total. The molecular formula is C20H30N10O6S. The predicted octanol–water partition coefficient (Wildman–Crippen LogP) is 0.314. The van der Waals surface area contributed by atoms with Gasteiger partial charge in [-0.2, -0.15) is 18.4 Å². The van der Waals surface area contributed by atoms with Gasteiger partial charge in [0.05, 0.1) is 24.2 Å². The molecule has 0 radical (unpaired) electrons. The number of aromatic nitrogens is 4. The van der Waals surface area contributed by atoms with Crippen LogP contribution in [0, 0.1) is 6.92 Å². The zero-order valence-electron chi connectivity index (χ0n) is 20.2. The van der Waals surface area contributed by atoms with E-state index in [0.717, 1.165) is 5.69 Å². The lowest BCUT2D eigenvalue weighted by Gasteiger charge is -2.22. The van der Waals surface area contributed by atoms with Gasteiger partial charge >= 0.3 is 5.97 Å². The SMILES string of the molecule is Cc1cc(C(=O)N[C@@H](CCS(=O)(=O)O)C(=O)O)ccc1N(C)Cc1cnc2nc(N)nc(N)c2n1.N.N. The Bertz CT molecular complexity index is 1400. The van der Waals surface area contributed by atoms with E-state index in [9.17, 15) is 23.1 Å². The molecule has 0 bridgehead atoms. The second-order valence-electron chi connectivity index (χ2n) is 7.80. The summed E-state index contributed by atoms with van der Waals surface area (Å²) in [5.41, 5.74) is 14.3. The van der Waals surface area contributed by atoms with E-state index in [4.69, 9.17) is 16.0 Å². The van der Waals surface area contributed by atoms with Crippen molar-refractivity contribution in [2.24, 2.45) is 0 Å². The third-order valence-corrected chi connectivity index (χ3v) is 5.79. The van der Waals surface area contributed by atoms with Gasteiger partial charge in [0.2, 0.25) is 5.95 Å². The molecule has 0 fully saturated rings. The number of aryl methyl sites for hydroxylation is 1. The summed E-state index contributed by atoms with van der Waals surface area (Å²) in [6.45, 7) is 2.12. The van der Waals surface area contributed by atoms with Gasteiger partial charge in [-0.25, -0.2) is 14.8 Å². The minimum absolute atomic E-state index is 0. The van der Waals surface area contributed by atoms with Gasteiger partial charge in [0.25, 0.3) is 16.0 Å². The van der Waals surface area contributed by atoms with Crippen LogP contribution in [0.1, 0.15) is 28.0 Å². The molecule has 0 aliphatic carbocycles. The fraction of sp³-hybridized carbons (Fsp3) is 0.300. The molecule has 0 saturated carbocycles. The fourth-order valence-corrected chi connectivity index (χ4v) is 3.91. The topological polar surface area (TPSA) is 298 Å². The van der Waals surface area contributed by atoms with Crippen LogP contribution in [0.4, 0.5) is 17.5 Å². The molecule has 37 heavy (non-hydrogen) atoms. The summed E-state index contributed by atoms with van der Waals surface area (Å²) in [7, 11) is -2.55. The first kappa shape index (κ1) is 30.8. The molecule has 0 saturated heterocycles. The Hall–Kier alpha value is -4.19. The Kier molecular flexibility index (Phi) is 10.1. The molecule has 3 aromatic rings. The number of hydrogen-bond donors (Lipinski definition) is 7. The van der Waals surface area contributed by atoms with Gasteiger partial charge in [-0.05, 0) is 37.1 Å². The van der Waals surface area contributed by atoms with Crippen molar-refractivity contribution in [3.8, 4) is 0 Å². The van der Waals surface area contributed by atoms with Gasteiger partial charge < -0.3 is 39.1 Å². The number of carboxylic acids is 1. The number of anilines is 3. The monoisotopic (exact) mass is 538 g/mol. The highest BCUT2D eigenvalue weighted by atomic mass is 32.2. The number of carboxylic acid groups (broad SMARTS) is 1. The lowest BCUT2D eigenvalue weighted by Crippen LogP contribution is -2.42. The van der Waals surface area contributed by atoms with Crippen molar-refractivity contribution in [3.63, 3.8) is 0 Å². The number of fused-ring (bicyclic) bond motifs is 1. The Morgan fingerprint density at radius 2 is 1.84 bits per heavy atom. The molecule has 2 aromatic heterocycles. The maximum absolute atomic E-state index is 12.5. The standard InChI is InChI=1S/C20H24N8O6S.2H3N/c1-10-7-11(18(29)25-13(19(30)31)5-6-35(32,33)34)3-4-14(10)28(2)9-12-8-23-17-15(24-12)16(21)26-20(22)27-17;;/h3-4,7-8,13H,5-6,9H2,1-2H3,(H,25,29)(H,30,31)(H,32,33,34)(H4,21,22,23,26,27);2*1H3/t13-;;/m0../s1. The molecule has 1 aromatic carbocycles. The lowest BCUT2D eigenvalue weighted by atomic mass is 10.1. The zero-order chi connectivity index (χ0) is 25.9. The van der Waals surface area contributed by atoms with Crippen molar-refractivity contribution in [1.29, 1.82) is 0 Å². The first-order valence-corrected chi connectivity index (χ1v) is 11.8. The van der Waals surface area contributed by atoms with Crippen LogP contribution in [0.15, 0.2) is 24.4 Å². The first-order valence-electron chi connectivity index (χ1n) is 10.2. The zero-order valence-corrected chi connectivity index (χ0v) is 21.1. The quantitative estimate of drug-likeness (QED) is 0.180. The van der Waals surface area contributed by atoms with Gasteiger partial charge in [-0.1, -0.05) is 0 Å². The molecule has 3 rings (SSSR count). The van der Waals surface area contributed by atoms with Crippen LogP contribution in [-0.2, 0) is 21.5 Å². The Labute approximate surface area is 212 Å². The minimum atomic E-state index is -4.37. The van der Waals surface area contributed by atoms with Gasteiger partial charge in [0.1, 0.15) is 6.04 Å². The van der Waals surface area contributed by atoms with Gasteiger partial charge in [0.15, 0.2) is 17.0 Å². The average Bonchev–Trinajstić information content (AvgIpc) is 2.75. The number of benzene rings is 1. The highest BCUT2D eigenvalue weighted by Crippen LogP contribution is 2.23. The Balaban J connectivity index is 0.00000342. The smallest absolute Gasteiger partial charge is 0.326 e. The number of rotatable bonds is 9. The third kappa shape index (κ3) is 7.90. The summed E-state index contributed by atoms with van der Waals surface area (Å²) in [5.74, 6) is -2.79. The summed E-state index contributed by atoms with van der Waals surface area (Å²) in [6, 6.07) is 3.29. The van der Waals surface area contributed by atoms with Crippen molar-refractivity contribution >= 4 is 50.6 Å². The number of nitrogens with two attached hydrogens (primary N) is 2. The van der Waals surface area contributed by atoms with Gasteiger partial charge in [0, 0.05) is 18.3 Å². The summed E-state index contributed by atoms with van der Waals surface area (Å²) in [5, 5.41) is 11.5. The van der Waals surface area contributed by atoms with E-state index in [1.54, 1.807) is 25.3 Å². The largest absolute Gasteiger partial charge is 0.480 e. The van der Waals surface area contributed by atoms with Crippen LogP contribution < -0.4 is 34.0 Å². The van der Waals surface area contributed by atoms with Crippen LogP contribution in [-0.4, -0.2) is 68.7 Å². The summed E-state index contributed by atoms with van der Waals surface area (Å²) < 4.78 is 30.6. The van der Waals surface area contributed by atoms with Crippen LogP contribution in [0.25, 0.3) is 11.2 Å². The molecule has 0 aliphatic rings. The predicted molar refractivity (Wildman–Crippen MR) is 137 cm³/mol. The Morgan fingerprint density at radius 1 is 1.16 bits per heavy atom. The van der Waals surface area contributed by atoms with Crippen LogP contribution >= 0.6 is 0 Å². The average molecular weight is 539 g/mol. The number of nitrogens with one attached hydrogen (secondary N) is 1.